The molecule has 0 amide bonds. The lowest BCUT2D eigenvalue weighted by atomic mass is 10.2. The van der Waals surface area contributed by atoms with Gasteiger partial charge in [0.15, 0.2) is 0 Å². The molecule has 21 heavy (non-hydrogen) atoms. The Morgan fingerprint density at radius 2 is 1.67 bits per heavy atom. The Morgan fingerprint density at radius 3 is 2.19 bits per heavy atom. The molecule has 1 aromatic carbocycles. The molecule has 0 aliphatic rings. The second-order valence-corrected chi connectivity index (χ2v) is 4.77. The Labute approximate surface area is 124 Å². The van der Waals surface area contributed by atoms with E-state index in [-0.39, 0.29) is 0 Å². The van der Waals surface area contributed by atoms with E-state index in [1.54, 1.807) is 24.3 Å². The molecule has 0 saturated heterocycles. The van der Waals surface area contributed by atoms with Crippen molar-refractivity contribution in [1.29, 1.82) is 0 Å². The van der Waals surface area contributed by atoms with E-state index in [0.717, 1.165) is 18.1 Å². The van der Waals surface area contributed by atoms with Crippen molar-refractivity contribution in [1.82, 2.24) is 9.97 Å². The van der Waals surface area contributed by atoms with Crippen molar-refractivity contribution in [3.05, 3.63) is 53.1 Å². The summed E-state index contributed by atoms with van der Waals surface area (Å²) in [6.45, 7) is 0.413. The average Bonchev–Trinajstić information content (AvgIpc) is 2.45. The molecule has 0 saturated carbocycles. The van der Waals surface area contributed by atoms with Gasteiger partial charge in [0, 0.05) is 24.0 Å². The zero-order valence-corrected chi connectivity index (χ0v) is 11.6. The first kappa shape index (κ1) is 15.5. The summed E-state index contributed by atoms with van der Waals surface area (Å²) in [5.74, 6) is 4.72. The Morgan fingerprint density at radius 1 is 1.10 bits per heavy atom. The van der Waals surface area contributed by atoms with Crippen LogP contribution in [0.5, 0.6) is 0 Å². The van der Waals surface area contributed by atoms with E-state index >= 15 is 0 Å². The van der Waals surface area contributed by atoms with Gasteiger partial charge in [-0.15, -0.1) is 0 Å². The number of halogens is 4. The molecular weight excluding hydrogens is 305 g/mol. The molecule has 2 N–H and O–H groups in total. The average molecular weight is 317 g/mol. The number of hydrogen-bond donors (Lipinski definition) is 1. The van der Waals surface area contributed by atoms with Gasteiger partial charge >= 0.3 is 6.18 Å². The number of benzene rings is 1. The first-order valence-corrected chi connectivity index (χ1v) is 6.40. The van der Waals surface area contributed by atoms with Crippen LogP contribution in [0.25, 0.3) is 0 Å². The van der Waals surface area contributed by atoms with Crippen LogP contribution >= 0.6 is 11.6 Å². The number of rotatable bonds is 4. The number of anilines is 1. The molecule has 0 fully saturated rings. The van der Waals surface area contributed by atoms with Gasteiger partial charge in [0.2, 0.25) is 5.82 Å². The van der Waals surface area contributed by atoms with Gasteiger partial charge in [0.1, 0.15) is 0 Å². The van der Waals surface area contributed by atoms with E-state index < -0.39 is 12.0 Å². The summed E-state index contributed by atoms with van der Waals surface area (Å²) in [6, 6.07) is 6.92. The first-order valence-electron chi connectivity index (χ1n) is 6.02. The lowest BCUT2D eigenvalue weighted by molar-refractivity contribution is -0.145. The van der Waals surface area contributed by atoms with Crippen molar-refractivity contribution in [2.45, 2.75) is 12.6 Å². The fraction of sp³-hybridized carbons (Fsp3) is 0.231. The molecule has 1 aromatic heterocycles. The van der Waals surface area contributed by atoms with Crippen LogP contribution in [0.4, 0.5) is 18.9 Å². The summed E-state index contributed by atoms with van der Waals surface area (Å²) in [6.07, 6.45) is -1.78. The maximum atomic E-state index is 12.3. The van der Waals surface area contributed by atoms with Gasteiger partial charge in [-0.1, -0.05) is 11.6 Å². The summed E-state index contributed by atoms with van der Waals surface area (Å²) in [7, 11) is 0. The molecule has 2 aromatic rings. The third-order valence-electron chi connectivity index (χ3n) is 2.76. The number of nitrogens with two attached hydrogens (primary N) is 1. The summed E-state index contributed by atoms with van der Waals surface area (Å²) in [5, 5.41) is 2.08. The van der Waals surface area contributed by atoms with E-state index in [1.807, 2.05) is 0 Å². The lowest BCUT2D eigenvalue weighted by Gasteiger charge is -2.18. The fourth-order valence-corrected chi connectivity index (χ4v) is 1.77. The van der Waals surface area contributed by atoms with Gasteiger partial charge < -0.3 is 5.01 Å². The highest BCUT2D eigenvalue weighted by Gasteiger charge is 2.34. The smallest absolute Gasteiger partial charge is 0.311 e. The highest BCUT2D eigenvalue weighted by molar-refractivity contribution is 6.30. The van der Waals surface area contributed by atoms with Gasteiger partial charge in [-0.25, -0.2) is 15.8 Å². The van der Waals surface area contributed by atoms with Crippen molar-refractivity contribution in [3.63, 3.8) is 0 Å². The monoisotopic (exact) mass is 316 g/mol. The number of aromatic nitrogens is 2. The minimum absolute atomic E-state index is 0.413. The Balaban J connectivity index is 1.95. The summed E-state index contributed by atoms with van der Waals surface area (Å²) < 4.78 is 37.0. The quantitative estimate of drug-likeness (QED) is 0.695. The number of alkyl halides is 3. The molecule has 2 rings (SSSR count). The first-order chi connectivity index (χ1) is 9.86. The van der Waals surface area contributed by atoms with E-state index in [1.165, 1.54) is 5.01 Å². The van der Waals surface area contributed by atoms with E-state index in [0.29, 0.717) is 23.6 Å². The number of hydrogen-bond acceptors (Lipinski definition) is 4. The maximum absolute atomic E-state index is 12.3. The molecule has 112 valence electrons. The van der Waals surface area contributed by atoms with E-state index in [4.69, 9.17) is 17.4 Å². The van der Waals surface area contributed by atoms with Gasteiger partial charge in [-0.05, 0) is 36.2 Å². The standard InChI is InChI=1S/C13H12ClF3N4/c14-10-1-3-11(4-2-10)21(18)6-5-9-7-19-12(20-8-9)13(15,16)17/h1-4,7-8H,5-6,18H2. The highest BCUT2D eigenvalue weighted by Crippen LogP contribution is 2.25. The van der Waals surface area contributed by atoms with E-state index in [2.05, 4.69) is 9.97 Å². The van der Waals surface area contributed by atoms with Gasteiger partial charge in [0.05, 0.1) is 5.69 Å². The third-order valence-corrected chi connectivity index (χ3v) is 3.01. The zero-order valence-electron chi connectivity index (χ0n) is 10.8. The van der Waals surface area contributed by atoms with Crippen LogP contribution in [0.15, 0.2) is 36.7 Å². The summed E-state index contributed by atoms with van der Waals surface area (Å²) >= 11 is 5.77. The van der Waals surface area contributed by atoms with Crippen molar-refractivity contribution in [2.75, 3.05) is 11.6 Å². The normalized spacial score (nSPS) is 11.5. The molecule has 0 spiro atoms. The minimum atomic E-state index is -4.53. The molecular formula is C13H12ClF3N4. The molecule has 0 aliphatic heterocycles. The zero-order chi connectivity index (χ0) is 15.5. The van der Waals surface area contributed by atoms with Crippen LogP contribution in [0.3, 0.4) is 0 Å². The van der Waals surface area contributed by atoms with Gasteiger partial charge in [-0.3, -0.25) is 0 Å². The Hall–Kier alpha value is -1.86. The van der Waals surface area contributed by atoms with Crippen LogP contribution in [-0.2, 0) is 12.6 Å². The van der Waals surface area contributed by atoms with Crippen molar-refractivity contribution in [2.24, 2.45) is 5.84 Å². The minimum Gasteiger partial charge on any atom is -0.311 e. The Kier molecular flexibility index (Phi) is 4.64. The molecule has 1 heterocycles. The molecule has 0 bridgehead atoms. The Bertz CT molecular complexity index is 584. The fourth-order valence-electron chi connectivity index (χ4n) is 1.64. The highest BCUT2D eigenvalue weighted by atomic mass is 35.5. The molecule has 4 nitrogen and oxygen atoms in total. The third kappa shape index (κ3) is 4.30. The molecule has 0 unspecified atom stereocenters. The van der Waals surface area contributed by atoms with Crippen molar-refractivity contribution < 1.29 is 13.2 Å². The molecule has 0 radical (unpaired) electrons. The largest absolute Gasteiger partial charge is 0.451 e. The van der Waals surface area contributed by atoms with Crippen LogP contribution < -0.4 is 10.9 Å². The molecule has 8 heteroatoms. The lowest BCUT2D eigenvalue weighted by Crippen LogP contribution is -2.32. The topological polar surface area (TPSA) is 55.0 Å². The van der Waals surface area contributed by atoms with Crippen LogP contribution in [-0.4, -0.2) is 16.5 Å². The second-order valence-electron chi connectivity index (χ2n) is 4.33. The van der Waals surface area contributed by atoms with Crippen molar-refractivity contribution >= 4 is 17.3 Å². The van der Waals surface area contributed by atoms with Gasteiger partial charge in [-0.2, -0.15) is 13.2 Å². The number of hydrazine groups is 1. The van der Waals surface area contributed by atoms with Crippen LogP contribution in [0.1, 0.15) is 11.4 Å². The molecule has 0 aliphatic carbocycles. The maximum Gasteiger partial charge on any atom is 0.451 e. The van der Waals surface area contributed by atoms with Crippen molar-refractivity contribution in [3.8, 4) is 0 Å². The predicted molar refractivity (Wildman–Crippen MR) is 73.7 cm³/mol. The van der Waals surface area contributed by atoms with E-state index in [9.17, 15) is 13.2 Å². The summed E-state index contributed by atoms with van der Waals surface area (Å²) in [5.41, 5.74) is 1.33. The van der Waals surface area contributed by atoms with Crippen LogP contribution in [0, 0.1) is 0 Å². The predicted octanol–water partition coefficient (Wildman–Crippen LogP) is 3.07. The molecule has 0 atom stereocenters. The number of nitrogens with zero attached hydrogens (tertiary/aromatic N) is 3. The van der Waals surface area contributed by atoms with Gasteiger partial charge in [0.25, 0.3) is 0 Å². The second kappa shape index (κ2) is 6.28. The summed E-state index contributed by atoms with van der Waals surface area (Å²) in [4.78, 5) is 6.60. The SMILES string of the molecule is NN(CCc1cnc(C(F)(F)F)nc1)c1ccc(Cl)cc1. The van der Waals surface area contributed by atoms with Crippen LogP contribution in [0.2, 0.25) is 5.02 Å².